The normalized spacial score (nSPS) is 27.2. The molecule has 1 aliphatic rings. The molecule has 1 aromatic rings. The van der Waals surface area contributed by atoms with E-state index in [1.54, 1.807) is 0 Å². The molecule has 1 saturated carbocycles. The van der Waals surface area contributed by atoms with Crippen LogP contribution in [0.3, 0.4) is 0 Å². The maximum atomic E-state index is 10.4. The van der Waals surface area contributed by atoms with Crippen molar-refractivity contribution in [3.63, 3.8) is 0 Å². The lowest BCUT2D eigenvalue weighted by Crippen LogP contribution is -2.38. The minimum atomic E-state index is -0.450. The highest BCUT2D eigenvalue weighted by Gasteiger charge is 2.42. The Morgan fingerprint density at radius 2 is 2.00 bits per heavy atom. The van der Waals surface area contributed by atoms with Crippen LogP contribution in [-0.4, -0.2) is 45.5 Å². The molecule has 0 aromatic carbocycles. The van der Waals surface area contributed by atoms with Crippen LogP contribution in [0.4, 0.5) is 0 Å². The van der Waals surface area contributed by atoms with Gasteiger partial charge in [-0.25, -0.2) is 9.97 Å². The first kappa shape index (κ1) is 20.3. The van der Waals surface area contributed by atoms with Gasteiger partial charge in [0.1, 0.15) is 5.82 Å². The molecule has 2 rings (SSSR count). The Hall–Kier alpha value is -1.04. The Kier molecular flexibility index (Phi) is 6.94. The molecule has 0 saturated heterocycles. The Bertz CT molecular complexity index is 542. The Labute approximate surface area is 152 Å². The van der Waals surface area contributed by atoms with E-state index in [4.69, 9.17) is 0 Å². The molecule has 5 heteroatoms. The van der Waals surface area contributed by atoms with E-state index in [0.29, 0.717) is 12.3 Å². The van der Waals surface area contributed by atoms with E-state index >= 15 is 0 Å². The van der Waals surface area contributed by atoms with Gasteiger partial charge in [-0.1, -0.05) is 34.6 Å². The number of aromatic nitrogens is 2. The third-order valence-electron chi connectivity index (χ3n) is 5.24. The molecular weight excluding hydrogens is 314 g/mol. The van der Waals surface area contributed by atoms with Crippen LogP contribution < -0.4 is 5.32 Å². The second-order valence-corrected chi connectivity index (χ2v) is 8.95. The van der Waals surface area contributed by atoms with E-state index in [2.05, 4.69) is 49.9 Å². The summed E-state index contributed by atoms with van der Waals surface area (Å²) in [6.45, 7) is 11.8. The highest BCUT2D eigenvalue weighted by Crippen LogP contribution is 2.35. The molecule has 5 nitrogen and oxygen atoms in total. The van der Waals surface area contributed by atoms with Gasteiger partial charge in [0.05, 0.1) is 6.10 Å². The molecule has 4 atom stereocenters. The third-order valence-corrected chi connectivity index (χ3v) is 5.24. The molecule has 0 spiro atoms. The molecule has 0 unspecified atom stereocenters. The number of rotatable bonds is 7. The molecule has 0 amide bonds. The van der Waals surface area contributed by atoms with E-state index in [0.717, 1.165) is 30.9 Å². The fourth-order valence-electron chi connectivity index (χ4n) is 3.66. The van der Waals surface area contributed by atoms with Gasteiger partial charge in [0.2, 0.25) is 0 Å². The van der Waals surface area contributed by atoms with E-state index in [9.17, 15) is 10.2 Å². The van der Waals surface area contributed by atoms with Gasteiger partial charge in [-0.15, -0.1) is 0 Å². The van der Waals surface area contributed by atoms with Gasteiger partial charge in [-0.2, -0.15) is 0 Å². The lowest BCUT2D eigenvalue weighted by atomic mass is 9.88. The van der Waals surface area contributed by atoms with Gasteiger partial charge >= 0.3 is 0 Å². The van der Waals surface area contributed by atoms with Crippen LogP contribution in [0.5, 0.6) is 0 Å². The lowest BCUT2D eigenvalue weighted by molar-refractivity contribution is 0.0715. The number of aliphatic hydroxyl groups is 2. The minimum absolute atomic E-state index is 0.0193. The van der Waals surface area contributed by atoms with Crippen molar-refractivity contribution in [3.8, 4) is 0 Å². The highest BCUT2D eigenvalue weighted by molar-refractivity contribution is 5.09. The van der Waals surface area contributed by atoms with Crippen LogP contribution in [0.15, 0.2) is 12.3 Å². The van der Waals surface area contributed by atoms with Crippen molar-refractivity contribution in [2.24, 2.45) is 17.3 Å². The Morgan fingerprint density at radius 3 is 2.60 bits per heavy atom. The second kappa shape index (κ2) is 8.56. The fraction of sp³-hybridized carbons (Fsp3) is 0.800. The molecule has 25 heavy (non-hydrogen) atoms. The van der Waals surface area contributed by atoms with Crippen molar-refractivity contribution >= 4 is 0 Å². The number of hydrogen-bond acceptors (Lipinski definition) is 5. The van der Waals surface area contributed by atoms with E-state index in [-0.39, 0.29) is 29.9 Å². The number of hydrogen-bond donors (Lipinski definition) is 3. The van der Waals surface area contributed by atoms with Gasteiger partial charge in [-0.05, 0) is 43.2 Å². The molecule has 0 radical (unpaired) electrons. The zero-order valence-corrected chi connectivity index (χ0v) is 16.4. The number of aliphatic hydroxyl groups excluding tert-OH is 2. The molecule has 3 N–H and O–H groups in total. The summed E-state index contributed by atoms with van der Waals surface area (Å²) < 4.78 is 0. The average molecular weight is 350 g/mol. The lowest BCUT2D eigenvalue weighted by Gasteiger charge is -2.26. The van der Waals surface area contributed by atoms with Crippen LogP contribution in [-0.2, 0) is 6.42 Å². The van der Waals surface area contributed by atoms with Gasteiger partial charge in [0, 0.05) is 36.4 Å². The SMILES string of the molecule is CC(C)c1nccc(C[C@@H]2[C@@H](CO)[C@H](O)C[C@H]2NCCC(C)(C)C)n1. The third kappa shape index (κ3) is 5.73. The first-order valence-corrected chi connectivity index (χ1v) is 9.55. The fourth-order valence-corrected chi connectivity index (χ4v) is 3.66. The minimum Gasteiger partial charge on any atom is -0.396 e. The summed E-state index contributed by atoms with van der Waals surface area (Å²) in [6, 6.07) is 2.17. The van der Waals surface area contributed by atoms with Gasteiger partial charge < -0.3 is 15.5 Å². The highest BCUT2D eigenvalue weighted by atomic mass is 16.3. The molecular formula is C20H35N3O2. The van der Waals surface area contributed by atoms with Crippen LogP contribution >= 0.6 is 0 Å². The van der Waals surface area contributed by atoms with Crippen molar-refractivity contribution in [1.82, 2.24) is 15.3 Å². The van der Waals surface area contributed by atoms with Gasteiger partial charge in [0.25, 0.3) is 0 Å². The summed E-state index contributed by atoms with van der Waals surface area (Å²) in [4.78, 5) is 9.02. The summed E-state index contributed by atoms with van der Waals surface area (Å²) in [7, 11) is 0. The molecule has 1 aromatic heterocycles. The van der Waals surface area contributed by atoms with Crippen LogP contribution in [0.1, 0.15) is 64.9 Å². The summed E-state index contributed by atoms with van der Waals surface area (Å²) in [5, 5.41) is 23.8. The smallest absolute Gasteiger partial charge is 0.131 e. The first-order valence-electron chi connectivity index (χ1n) is 9.55. The number of nitrogens with one attached hydrogen (secondary N) is 1. The van der Waals surface area contributed by atoms with Gasteiger partial charge in [0.15, 0.2) is 0 Å². The van der Waals surface area contributed by atoms with Crippen molar-refractivity contribution in [1.29, 1.82) is 0 Å². The average Bonchev–Trinajstić information content (AvgIpc) is 2.81. The van der Waals surface area contributed by atoms with E-state index < -0.39 is 6.10 Å². The largest absolute Gasteiger partial charge is 0.396 e. The maximum Gasteiger partial charge on any atom is 0.131 e. The molecule has 1 heterocycles. The van der Waals surface area contributed by atoms with Gasteiger partial charge in [-0.3, -0.25) is 0 Å². The second-order valence-electron chi connectivity index (χ2n) is 8.95. The zero-order valence-electron chi connectivity index (χ0n) is 16.4. The zero-order chi connectivity index (χ0) is 18.6. The topological polar surface area (TPSA) is 78.3 Å². The van der Waals surface area contributed by atoms with Crippen molar-refractivity contribution in [2.45, 2.75) is 71.9 Å². The van der Waals surface area contributed by atoms with E-state index in [1.165, 1.54) is 0 Å². The van der Waals surface area contributed by atoms with E-state index in [1.807, 2.05) is 12.3 Å². The molecule has 1 fully saturated rings. The van der Waals surface area contributed by atoms with Crippen LogP contribution in [0, 0.1) is 17.3 Å². The predicted octanol–water partition coefficient (Wildman–Crippen LogP) is 2.53. The van der Waals surface area contributed by atoms with Crippen LogP contribution in [0.2, 0.25) is 0 Å². The summed E-state index contributed by atoms with van der Waals surface area (Å²) >= 11 is 0. The molecule has 0 aliphatic heterocycles. The summed E-state index contributed by atoms with van der Waals surface area (Å²) in [5.41, 5.74) is 1.29. The van der Waals surface area contributed by atoms with Crippen molar-refractivity contribution in [2.75, 3.05) is 13.2 Å². The Balaban J connectivity index is 2.08. The monoisotopic (exact) mass is 349 g/mol. The Morgan fingerprint density at radius 1 is 1.28 bits per heavy atom. The number of nitrogens with zero attached hydrogens (tertiary/aromatic N) is 2. The molecule has 0 bridgehead atoms. The maximum absolute atomic E-state index is 10.4. The standard InChI is InChI=1S/C20H35N3O2/c1-13(2)19-22-8-6-14(23-19)10-15-16(12-24)18(25)11-17(15)21-9-7-20(3,4)5/h6,8,13,15-18,21,24-25H,7,9-12H2,1-5H3/t15-,16-,17-,18-/m1/s1. The molecule has 1 aliphatic carbocycles. The summed E-state index contributed by atoms with van der Waals surface area (Å²) in [6.07, 6.45) is 3.91. The summed E-state index contributed by atoms with van der Waals surface area (Å²) in [5.74, 6) is 1.25. The molecule has 142 valence electrons. The van der Waals surface area contributed by atoms with Crippen molar-refractivity contribution < 1.29 is 10.2 Å². The predicted molar refractivity (Wildman–Crippen MR) is 100 cm³/mol. The first-order chi connectivity index (χ1) is 11.7. The van der Waals surface area contributed by atoms with Crippen molar-refractivity contribution in [3.05, 3.63) is 23.8 Å². The quantitative estimate of drug-likeness (QED) is 0.705. The van der Waals surface area contributed by atoms with Crippen LogP contribution in [0.25, 0.3) is 0 Å².